The molecule has 0 saturated heterocycles. The highest BCUT2D eigenvalue weighted by atomic mass is 15.0. The highest BCUT2D eigenvalue weighted by Crippen LogP contribution is 2.42. The first kappa shape index (κ1) is 34.2. The molecule has 0 aliphatic heterocycles. The van der Waals surface area contributed by atoms with Gasteiger partial charge in [0.15, 0.2) is 0 Å². The van der Waals surface area contributed by atoms with Gasteiger partial charge in [-0.25, -0.2) is 4.98 Å². The normalized spacial score (nSPS) is 12.1. The molecule has 0 unspecified atom stereocenters. The molecule has 14 rings (SSSR count). The highest BCUT2D eigenvalue weighted by molar-refractivity contribution is 6.23. The Morgan fingerprint density at radius 3 is 1.33 bits per heavy atom. The molecule has 5 heteroatoms. The maximum Gasteiger partial charge on any atom is 0.0979 e. The van der Waals surface area contributed by atoms with Gasteiger partial charge in [-0.05, 0) is 77.5 Å². The number of hydrogen-bond acceptors (Lipinski definition) is 2. The third-order valence-corrected chi connectivity index (χ3v) is 13.2. The van der Waals surface area contributed by atoms with Gasteiger partial charge in [-0.15, -0.1) is 0 Å². The van der Waals surface area contributed by atoms with Gasteiger partial charge in [0.2, 0.25) is 0 Å². The molecule has 0 aliphatic rings. The molecule has 63 heavy (non-hydrogen) atoms. The average molecular weight is 802 g/mol. The number of para-hydroxylation sites is 4. The predicted molar refractivity (Wildman–Crippen MR) is 263 cm³/mol. The molecule has 0 bridgehead atoms. The highest BCUT2D eigenvalue weighted by Gasteiger charge is 2.21. The lowest BCUT2D eigenvalue weighted by Crippen LogP contribution is -1.97. The average Bonchev–Trinajstić information content (AvgIpc) is 3.98. The molecule has 0 N–H and O–H groups in total. The maximum atomic E-state index is 5.36. The zero-order valence-corrected chi connectivity index (χ0v) is 33.9. The second-order valence-corrected chi connectivity index (χ2v) is 16.6. The van der Waals surface area contributed by atoms with E-state index in [9.17, 15) is 0 Å². The largest absolute Gasteiger partial charge is 0.309 e. The topological polar surface area (TPSA) is 40.6 Å². The van der Waals surface area contributed by atoms with Crippen molar-refractivity contribution < 1.29 is 0 Å². The Morgan fingerprint density at radius 2 is 0.714 bits per heavy atom. The van der Waals surface area contributed by atoms with Crippen LogP contribution in [0.2, 0.25) is 0 Å². The number of nitrogens with zero attached hydrogens (tertiary/aromatic N) is 5. The predicted octanol–water partition coefficient (Wildman–Crippen LogP) is 14.9. The number of aromatic nitrogens is 5. The van der Waals surface area contributed by atoms with E-state index in [-0.39, 0.29) is 0 Å². The molecule has 4 heterocycles. The van der Waals surface area contributed by atoms with E-state index in [4.69, 9.17) is 9.97 Å². The first-order valence-electron chi connectivity index (χ1n) is 21.5. The van der Waals surface area contributed by atoms with Crippen LogP contribution in [0.3, 0.4) is 0 Å². The fourth-order valence-corrected chi connectivity index (χ4v) is 10.5. The van der Waals surface area contributed by atoms with Gasteiger partial charge in [-0.3, -0.25) is 4.98 Å². The summed E-state index contributed by atoms with van der Waals surface area (Å²) in [5.41, 5.74) is 14.1. The molecular formula is C58H35N5. The Hall–Kier alpha value is -8.54. The lowest BCUT2D eigenvalue weighted by Gasteiger charge is -2.12. The van der Waals surface area contributed by atoms with E-state index in [0.717, 1.165) is 61.2 Å². The van der Waals surface area contributed by atoms with Gasteiger partial charge in [0.05, 0.1) is 56.0 Å². The van der Waals surface area contributed by atoms with Gasteiger partial charge in [-0.1, -0.05) is 140 Å². The first-order valence-corrected chi connectivity index (χ1v) is 21.5. The van der Waals surface area contributed by atoms with Gasteiger partial charge in [0.1, 0.15) is 0 Å². The van der Waals surface area contributed by atoms with Crippen molar-refractivity contribution >= 4 is 98.0 Å². The van der Waals surface area contributed by atoms with Crippen molar-refractivity contribution in [3.63, 3.8) is 0 Å². The number of rotatable bonds is 4. The third-order valence-electron chi connectivity index (χ3n) is 13.2. The lowest BCUT2D eigenvalue weighted by molar-refractivity contribution is 1.15. The van der Waals surface area contributed by atoms with Crippen LogP contribution in [0.5, 0.6) is 0 Å². The van der Waals surface area contributed by atoms with Crippen LogP contribution in [-0.2, 0) is 0 Å². The second-order valence-electron chi connectivity index (χ2n) is 16.6. The molecule has 0 atom stereocenters. The van der Waals surface area contributed by atoms with Gasteiger partial charge in [-0.2, -0.15) is 0 Å². The van der Waals surface area contributed by atoms with Crippen molar-refractivity contribution in [2.75, 3.05) is 0 Å². The Balaban J connectivity index is 0.986. The van der Waals surface area contributed by atoms with Crippen molar-refractivity contribution in [2.45, 2.75) is 0 Å². The van der Waals surface area contributed by atoms with E-state index in [2.05, 4.69) is 220 Å². The molecule has 14 aromatic rings. The quantitative estimate of drug-likeness (QED) is 0.166. The third kappa shape index (κ3) is 4.87. The van der Waals surface area contributed by atoms with E-state index >= 15 is 0 Å². The lowest BCUT2D eigenvalue weighted by atomic mass is 9.99. The van der Waals surface area contributed by atoms with Crippen molar-refractivity contribution in [1.29, 1.82) is 0 Å². The SMILES string of the molecule is c1ccc(-n2c3ccccc3c3ccc(-n4c5ccccc5c5cc6c(cc54)c4ccccc4n6-c4cccc(-c5cnc6c7ccccc7c7ccccc7c6n5)c4)cc32)cc1. The van der Waals surface area contributed by atoms with E-state index in [1.54, 1.807) is 0 Å². The van der Waals surface area contributed by atoms with Crippen LogP contribution in [0, 0.1) is 0 Å². The molecule has 10 aromatic carbocycles. The van der Waals surface area contributed by atoms with Crippen LogP contribution in [0.1, 0.15) is 0 Å². The summed E-state index contributed by atoms with van der Waals surface area (Å²) in [7, 11) is 0. The Morgan fingerprint density at radius 1 is 0.270 bits per heavy atom. The Bertz CT molecular complexity index is 4170. The summed E-state index contributed by atoms with van der Waals surface area (Å²) >= 11 is 0. The smallest absolute Gasteiger partial charge is 0.0979 e. The summed E-state index contributed by atoms with van der Waals surface area (Å²) in [4.78, 5) is 10.4. The van der Waals surface area contributed by atoms with Crippen LogP contribution in [-0.4, -0.2) is 23.7 Å². The minimum absolute atomic E-state index is 0.847. The molecule has 0 amide bonds. The van der Waals surface area contributed by atoms with Gasteiger partial charge in [0.25, 0.3) is 0 Å². The minimum Gasteiger partial charge on any atom is -0.309 e. The zero-order chi connectivity index (χ0) is 41.2. The van der Waals surface area contributed by atoms with Crippen LogP contribution in [0.15, 0.2) is 212 Å². The Labute approximate surface area is 360 Å². The number of fused-ring (bicyclic) bond motifs is 15. The van der Waals surface area contributed by atoms with Crippen molar-refractivity contribution in [3.05, 3.63) is 212 Å². The summed E-state index contributed by atoms with van der Waals surface area (Å²) in [6, 6.07) is 74.6. The van der Waals surface area contributed by atoms with Gasteiger partial charge < -0.3 is 13.7 Å². The zero-order valence-electron chi connectivity index (χ0n) is 33.9. The molecular weight excluding hydrogens is 767 g/mol. The fourth-order valence-electron chi connectivity index (χ4n) is 10.5. The summed E-state index contributed by atoms with van der Waals surface area (Å²) in [5, 5.41) is 11.9. The van der Waals surface area contributed by atoms with E-state index in [0.29, 0.717) is 0 Å². The maximum absolute atomic E-state index is 5.36. The van der Waals surface area contributed by atoms with Gasteiger partial charge in [0, 0.05) is 65.7 Å². The van der Waals surface area contributed by atoms with Crippen molar-refractivity contribution in [3.8, 4) is 28.3 Å². The summed E-state index contributed by atoms with van der Waals surface area (Å²) in [6.45, 7) is 0. The molecule has 292 valence electrons. The Kier molecular flexibility index (Phi) is 7.05. The summed E-state index contributed by atoms with van der Waals surface area (Å²) < 4.78 is 7.27. The number of benzene rings is 10. The van der Waals surface area contributed by atoms with Crippen LogP contribution in [0.4, 0.5) is 0 Å². The standard InChI is InChI=1S/C58H35N5/c1-2-16-37(17-3-1)61-51-26-11-8-21-42(51)45-30-29-39(32-54(45)61)63-53-28-13-10-23-44(53)49-33-55-48(34-56(49)63)43-22-9-12-27-52(43)62(55)38-18-14-15-36(31-38)50-35-59-57-46-24-6-4-19-40(46)41-20-5-7-25-47(41)58(57)60-50/h1-35H. The molecule has 4 aromatic heterocycles. The fraction of sp³-hybridized carbons (Fsp3) is 0. The molecule has 5 nitrogen and oxygen atoms in total. The molecule has 0 spiro atoms. The van der Waals surface area contributed by atoms with Crippen LogP contribution >= 0.6 is 0 Å². The van der Waals surface area contributed by atoms with E-state index in [1.165, 1.54) is 65.2 Å². The summed E-state index contributed by atoms with van der Waals surface area (Å²) in [6.07, 6.45) is 1.93. The first-order chi connectivity index (χ1) is 31.3. The van der Waals surface area contributed by atoms with Crippen molar-refractivity contribution in [2.24, 2.45) is 0 Å². The molecule has 0 fully saturated rings. The second kappa shape index (κ2) is 13.0. The van der Waals surface area contributed by atoms with Gasteiger partial charge >= 0.3 is 0 Å². The molecule has 0 saturated carbocycles. The van der Waals surface area contributed by atoms with Crippen LogP contribution < -0.4 is 0 Å². The van der Waals surface area contributed by atoms with Crippen LogP contribution in [0.25, 0.3) is 126 Å². The molecule has 0 aliphatic carbocycles. The monoisotopic (exact) mass is 801 g/mol. The van der Waals surface area contributed by atoms with Crippen molar-refractivity contribution in [1.82, 2.24) is 23.7 Å². The van der Waals surface area contributed by atoms with E-state index in [1.807, 2.05) is 6.20 Å². The minimum atomic E-state index is 0.847. The number of hydrogen-bond donors (Lipinski definition) is 0. The summed E-state index contributed by atoms with van der Waals surface area (Å²) in [5.74, 6) is 0. The molecule has 0 radical (unpaired) electrons. The van der Waals surface area contributed by atoms with E-state index < -0.39 is 0 Å².